The molecular weight excluding hydrogens is 355 g/mol. The Hall–Kier alpha value is -2.54. The lowest BCUT2D eigenvalue weighted by Gasteiger charge is -2.18. The first-order valence-electron chi connectivity index (χ1n) is 8.37. The first-order valence-corrected chi connectivity index (χ1v) is 9.25. The molecule has 0 spiro atoms. The van der Waals surface area contributed by atoms with Gasteiger partial charge in [-0.3, -0.25) is 14.5 Å². The van der Waals surface area contributed by atoms with Gasteiger partial charge in [-0.1, -0.05) is 24.3 Å². The number of halogens is 1. The number of amides is 1. The standard InChI is InChI=1S/C19H19FN2O3S/c1-13(23)22(17-10-6-5-9-16(17)20)19-21-15(12-26-19)11-25-18(24)14-7-3-2-4-8-14/h2-3,5-6,9-10,12,14H,4,7-8,11H2,1H3. The van der Waals surface area contributed by atoms with E-state index >= 15 is 0 Å². The van der Waals surface area contributed by atoms with Crippen LogP contribution in [0.15, 0.2) is 41.8 Å². The van der Waals surface area contributed by atoms with Gasteiger partial charge in [0.05, 0.1) is 17.3 Å². The number of carbonyl (C=O) groups excluding carboxylic acids is 2. The summed E-state index contributed by atoms with van der Waals surface area (Å²) in [5.74, 6) is -1.19. The molecule has 2 aromatic rings. The average molecular weight is 374 g/mol. The van der Waals surface area contributed by atoms with E-state index in [-0.39, 0.29) is 30.1 Å². The normalized spacial score (nSPS) is 16.3. The van der Waals surface area contributed by atoms with Gasteiger partial charge in [0.1, 0.15) is 12.4 Å². The highest BCUT2D eigenvalue weighted by atomic mass is 32.1. The third-order valence-corrected chi connectivity index (χ3v) is 4.98. The zero-order valence-corrected chi connectivity index (χ0v) is 15.2. The maximum Gasteiger partial charge on any atom is 0.309 e. The molecule has 3 rings (SSSR count). The van der Waals surface area contributed by atoms with E-state index in [2.05, 4.69) is 11.1 Å². The SMILES string of the molecule is CC(=O)N(c1nc(COC(=O)C2CC=CCC2)cs1)c1ccccc1F. The van der Waals surface area contributed by atoms with Crippen molar-refractivity contribution in [1.82, 2.24) is 4.98 Å². The van der Waals surface area contributed by atoms with Gasteiger partial charge in [0.15, 0.2) is 5.13 Å². The molecule has 136 valence electrons. The second-order valence-corrected chi connectivity index (χ2v) is 6.85. The Morgan fingerprint density at radius 1 is 1.35 bits per heavy atom. The molecule has 1 unspecified atom stereocenters. The Morgan fingerprint density at radius 3 is 2.85 bits per heavy atom. The van der Waals surface area contributed by atoms with Crippen LogP contribution in [0.1, 0.15) is 31.9 Å². The Morgan fingerprint density at radius 2 is 2.15 bits per heavy atom. The number of ether oxygens (including phenoxy) is 1. The van der Waals surface area contributed by atoms with E-state index in [9.17, 15) is 14.0 Å². The summed E-state index contributed by atoms with van der Waals surface area (Å²) in [6.07, 6.45) is 6.44. The number of hydrogen-bond acceptors (Lipinski definition) is 5. The van der Waals surface area contributed by atoms with Crippen LogP contribution in [-0.2, 0) is 20.9 Å². The van der Waals surface area contributed by atoms with Crippen molar-refractivity contribution in [2.24, 2.45) is 5.92 Å². The smallest absolute Gasteiger partial charge is 0.309 e. The van der Waals surface area contributed by atoms with Crippen molar-refractivity contribution >= 4 is 34.0 Å². The van der Waals surface area contributed by atoms with E-state index in [1.165, 1.54) is 35.3 Å². The molecule has 0 fully saturated rings. The molecule has 0 N–H and O–H groups in total. The fourth-order valence-corrected chi connectivity index (χ4v) is 3.64. The van der Waals surface area contributed by atoms with Gasteiger partial charge < -0.3 is 4.74 Å². The quantitative estimate of drug-likeness (QED) is 0.576. The molecule has 0 saturated heterocycles. The Kier molecular flexibility index (Phi) is 5.78. The van der Waals surface area contributed by atoms with Gasteiger partial charge in [0, 0.05) is 12.3 Å². The fraction of sp³-hybridized carbons (Fsp3) is 0.316. The van der Waals surface area contributed by atoms with Gasteiger partial charge in [0.25, 0.3) is 0 Å². The zero-order chi connectivity index (χ0) is 18.5. The summed E-state index contributed by atoms with van der Waals surface area (Å²) in [5, 5.41) is 2.05. The van der Waals surface area contributed by atoms with E-state index < -0.39 is 5.82 Å². The van der Waals surface area contributed by atoms with Gasteiger partial charge in [-0.15, -0.1) is 11.3 Å². The molecule has 1 heterocycles. The molecule has 1 aliphatic carbocycles. The van der Waals surface area contributed by atoms with Gasteiger partial charge in [-0.25, -0.2) is 9.37 Å². The average Bonchev–Trinajstić information content (AvgIpc) is 3.10. The van der Waals surface area contributed by atoms with Crippen LogP contribution in [0.3, 0.4) is 0 Å². The number of esters is 1. The van der Waals surface area contributed by atoms with Crippen molar-refractivity contribution in [3.05, 3.63) is 53.3 Å². The van der Waals surface area contributed by atoms with Gasteiger partial charge in [-0.05, 0) is 31.4 Å². The Balaban J connectivity index is 1.69. The molecule has 1 aliphatic rings. The maximum atomic E-state index is 14.1. The van der Waals surface area contributed by atoms with Crippen LogP contribution < -0.4 is 4.90 Å². The number of rotatable bonds is 5. The Bertz CT molecular complexity index is 834. The summed E-state index contributed by atoms with van der Waals surface area (Å²) in [6, 6.07) is 6.03. The highest BCUT2D eigenvalue weighted by molar-refractivity contribution is 7.14. The number of carbonyl (C=O) groups is 2. The summed E-state index contributed by atoms with van der Waals surface area (Å²) >= 11 is 1.20. The van der Waals surface area contributed by atoms with Crippen molar-refractivity contribution < 1.29 is 18.7 Å². The number of hydrogen-bond donors (Lipinski definition) is 0. The minimum atomic E-state index is -0.503. The zero-order valence-electron chi connectivity index (χ0n) is 14.4. The number of benzene rings is 1. The van der Waals surface area contributed by atoms with Gasteiger partial charge in [-0.2, -0.15) is 0 Å². The third kappa shape index (κ3) is 4.16. The Labute approximate surface area is 155 Å². The number of para-hydroxylation sites is 1. The van der Waals surface area contributed by atoms with Crippen molar-refractivity contribution in [1.29, 1.82) is 0 Å². The lowest BCUT2D eigenvalue weighted by Crippen LogP contribution is -2.23. The van der Waals surface area contributed by atoms with E-state index in [1.54, 1.807) is 17.5 Å². The first kappa shape index (κ1) is 18.3. The van der Waals surface area contributed by atoms with E-state index in [0.29, 0.717) is 17.2 Å². The number of nitrogens with zero attached hydrogens (tertiary/aromatic N) is 2. The van der Waals surface area contributed by atoms with Crippen LogP contribution in [0.2, 0.25) is 0 Å². The minimum Gasteiger partial charge on any atom is -0.459 e. The summed E-state index contributed by atoms with van der Waals surface area (Å²) < 4.78 is 19.4. The second kappa shape index (κ2) is 8.23. The molecule has 1 aromatic heterocycles. The molecule has 0 bridgehead atoms. The highest BCUT2D eigenvalue weighted by Crippen LogP contribution is 2.31. The topological polar surface area (TPSA) is 59.5 Å². The fourth-order valence-electron chi connectivity index (χ4n) is 2.78. The summed E-state index contributed by atoms with van der Waals surface area (Å²) in [6.45, 7) is 1.39. The molecule has 5 nitrogen and oxygen atoms in total. The predicted molar refractivity (Wildman–Crippen MR) is 97.6 cm³/mol. The van der Waals surface area contributed by atoms with Crippen molar-refractivity contribution in [3.8, 4) is 0 Å². The molecule has 0 saturated carbocycles. The highest BCUT2D eigenvalue weighted by Gasteiger charge is 2.23. The maximum absolute atomic E-state index is 14.1. The van der Waals surface area contributed by atoms with Crippen LogP contribution in [-0.4, -0.2) is 16.9 Å². The van der Waals surface area contributed by atoms with Crippen molar-refractivity contribution in [2.75, 3.05) is 4.90 Å². The first-order chi connectivity index (χ1) is 12.6. The molecule has 26 heavy (non-hydrogen) atoms. The van der Waals surface area contributed by atoms with Gasteiger partial charge >= 0.3 is 5.97 Å². The van der Waals surface area contributed by atoms with Crippen LogP contribution in [0, 0.1) is 11.7 Å². The molecule has 1 atom stereocenters. The number of anilines is 2. The lowest BCUT2D eigenvalue weighted by molar-refractivity contribution is -0.150. The number of aromatic nitrogens is 1. The van der Waals surface area contributed by atoms with Gasteiger partial charge in [0.2, 0.25) is 5.91 Å². The van der Waals surface area contributed by atoms with Crippen LogP contribution >= 0.6 is 11.3 Å². The van der Waals surface area contributed by atoms with E-state index in [1.807, 2.05) is 6.08 Å². The number of thiazole rings is 1. The van der Waals surface area contributed by atoms with Crippen molar-refractivity contribution in [2.45, 2.75) is 32.8 Å². The summed E-state index contributed by atoms with van der Waals surface area (Å²) in [5.41, 5.74) is 0.680. The molecule has 0 aliphatic heterocycles. The van der Waals surface area contributed by atoms with Crippen LogP contribution in [0.4, 0.5) is 15.2 Å². The number of allylic oxidation sites excluding steroid dienone is 2. The van der Waals surface area contributed by atoms with E-state index in [0.717, 1.165) is 12.8 Å². The molecule has 7 heteroatoms. The minimum absolute atomic E-state index is 0.0402. The molecule has 1 amide bonds. The molecular formula is C19H19FN2O3S. The molecule has 0 radical (unpaired) electrons. The monoisotopic (exact) mass is 374 g/mol. The largest absolute Gasteiger partial charge is 0.459 e. The molecule has 1 aromatic carbocycles. The second-order valence-electron chi connectivity index (χ2n) is 6.02. The lowest BCUT2D eigenvalue weighted by atomic mass is 9.95. The van der Waals surface area contributed by atoms with E-state index in [4.69, 9.17) is 4.74 Å². The van der Waals surface area contributed by atoms with Crippen molar-refractivity contribution in [3.63, 3.8) is 0 Å². The summed E-state index contributed by atoms with van der Waals surface area (Å²) in [7, 11) is 0. The summed E-state index contributed by atoms with van der Waals surface area (Å²) in [4.78, 5) is 29.7. The third-order valence-electron chi connectivity index (χ3n) is 4.10. The van der Waals surface area contributed by atoms with Crippen LogP contribution in [0.25, 0.3) is 0 Å². The van der Waals surface area contributed by atoms with Crippen LogP contribution in [0.5, 0.6) is 0 Å². The predicted octanol–water partition coefficient (Wildman–Crippen LogP) is 4.37.